The van der Waals surface area contributed by atoms with Crippen LogP contribution in [-0.4, -0.2) is 46.2 Å². The summed E-state index contributed by atoms with van der Waals surface area (Å²) in [5, 5.41) is 31.7. The zero-order chi connectivity index (χ0) is 9.83. The standard InChI is InChI=1S/C6H3N9.ClH/c7-1-2(8-13-7)4-6(12-15-11-4)5-3(1)9-14-10-5;/h(H,7,8,13)(H,9,10,14)(H,11,12,15);1H. The molecule has 0 spiro atoms. The highest BCUT2D eigenvalue weighted by atomic mass is 35.5. The molecule has 0 atom stereocenters. The lowest BCUT2D eigenvalue weighted by Gasteiger charge is -1.87. The number of rotatable bonds is 0. The zero-order valence-electron chi connectivity index (χ0n) is 7.59. The molecule has 0 bridgehead atoms. The van der Waals surface area contributed by atoms with Crippen molar-refractivity contribution in [1.29, 1.82) is 0 Å². The Kier molecular flexibility index (Phi) is 1.60. The molecule has 0 saturated heterocycles. The molecule has 16 heavy (non-hydrogen) atoms. The molecule has 3 N–H and O–H groups in total. The molecule has 0 aliphatic heterocycles. The van der Waals surface area contributed by atoms with Crippen molar-refractivity contribution < 1.29 is 0 Å². The molecule has 0 saturated carbocycles. The van der Waals surface area contributed by atoms with Gasteiger partial charge in [-0.1, -0.05) is 0 Å². The highest BCUT2D eigenvalue weighted by Gasteiger charge is 2.17. The lowest BCUT2D eigenvalue weighted by atomic mass is 10.2. The minimum atomic E-state index is 0. The van der Waals surface area contributed by atoms with Gasteiger partial charge in [-0.2, -0.15) is 46.2 Å². The second-order valence-electron chi connectivity index (χ2n) is 3.06. The molecular formula is C6H4ClN9. The lowest BCUT2D eigenvalue weighted by molar-refractivity contribution is 0.952. The monoisotopic (exact) mass is 237 g/mol. The average molecular weight is 238 g/mol. The predicted molar refractivity (Wildman–Crippen MR) is 56.0 cm³/mol. The van der Waals surface area contributed by atoms with Gasteiger partial charge < -0.3 is 0 Å². The third-order valence-corrected chi connectivity index (χ3v) is 2.32. The molecule has 3 heterocycles. The molecule has 0 radical (unpaired) electrons. The van der Waals surface area contributed by atoms with E-state index in [4.69, 9.17) is 0 Å². The van der Waals surface area contributed by atoms with Crippen LogP contribution in [0.4, 0.5) is 0 Å². The second kappa shape index (κ2) is 2.85. The summed E-state index contributed by atoms with van der Waals surface area (Å²) in [5.41, 5.74) is 3.83. The summed E-state index contributed by atoms with van der Waals surface area (Å²) < 4.78 is 0. The zero-order valence-corrected chi connectivity index (χ0v) is 8.41. The van der Waals surface area contributed by atoms with Crippen LogP contribution in [0.15, 0.2) is 0 Å². The molecule has 4 rings (SSSR count). The van der Waals surface area contributed by atoms with Crippen LogP contribution in [0.2, 0.25) is 0 Å². The van der Waals surface area contributed by atoms with Gasteiger partial charge in [0.25, 0.3) is 0 Å². The minimum absolute atomic E-state index is 0. The van der Waals surface area contributed by atoms with E-state index in [1.165, 1.54) is 0 Å². The van der Waals surface area contributed by atoms with Crippen molar-refractivity contribution >= 4 is 45.5 Å². The summed E-state index contributed by atoms with van der Waals surface area (Å²) >= 11 is 0. The fourth-order valence-corrected chi connectivity index (χ4v) is 1.68. The number of hydrogen-bond acceptors (Lipinski definition) is 6. The van der Waals surface area contributed by atoms with E-state index >= 15 is 0 Å². The van der Waals surface area contributed by atoms with Crippen molar-refractivity contribution in [1.82, 2.24) is 46.2 Å². The van der Waals surface area contributed by atoms with Gasteiger partial charge in [0, 0.05) is 0 Å². The van der Waals surface area contributed by atoms with E-state index in [1.54, 1.807) is 0 Å². The third kappa shape index (κ3) is 0.852. The number of nitrogens with one attached hydrogen (secondary N) is 3. The van der Waals surface area contributed by atoms with E-state index in [0.29, 0.717) is 33.1 Å². The smallest absolute Gasteiger partial charge is 0.145 e. The number of halogens is 1. The Morgan fingerprint density at radius 2 is 0.625 bits per heavy atom. The molecular weight excluding hydrogens is 234 g/mol. The van der Waals surface area contributed by atoms with Gasteiger partial charge in [0.05, 0.1) is 0 Å². The van der Waals surface area contributed by atoms with Crippen LogP contribution in [0, 0.1) is 0 Å². The summed E-state index contributed by atoms with van der Waals surface area (Å²) in [6.07, 6.45) is 0. The number of fused-ring (bicyclic) bond motifs is 6. The van der Waals surface area contributed by atoms with Crippen molar-refractivity contribution in [2.45, 2.75) is 0 Å². The van der Waals surface area contributed by atoms with Gasteiger partial charge in [-0.05, 0) is 0 Å². The number of benzene rings is 1. The molecule has 0 aliphatic rings. The van der Waals surface area contributed by atoms with Crippen LogP contribution in [0.5, 0.6) is 0 Å². The Hall–Kier alpha value is -2.29. The average Bonchev–Trinajstić information content (AvgIpc) is 2.97. The SMILES string of the molecule is Cl.n1[nH]nc2c1c1n[nH]nc1c1n[nH]nc21. The first-order valence-corrected chi connectivity index (χ1v) is 4.18. The highest BCUT2D eigenvalue weighted by molar-refractivity contribution is 6.17. The van der Waals surface area contributed by atoms with Crippen LogP contribution >= 0.6 is 12.4 Å². The number of aromatic amines is 3. The van der Waals surface area contributed by atoms with Crippen LogP contribution in [0.3, 0.4) is 0 Å². The summed E-state index contributed by atoms with van der Waals surface area (Å²) in [7, 11) is 0. The Bertz CT molecular complexity index is 584. The molecule has 1 aromatic carbocycles. The first kappa shape index (κ1) is 8.97. The number of hydrogen-bond donors (Lipinski definition) is 3. The largest absolute Gasteiger partial charge is 0.197 e. The summed E-state index contributed by atoms with van der Waals surface area (Å²) in [6.45, 7) is 0. The maximum atomic E-state index is 4.01. The molecule has 0 aliphatic carbocycles. The molecule has 3 aromatic heterocycles. The maximum Gasteiger partial charge on any atom is 0.145 e. The highest BCUT2D eigenvalue weighted by Crippen LogP contribution is 2.26. The Morgan fingerprint density at radius 3 is 0.812 bits per heavy atom. The van der Waals surface area contributed by atoms with E-state index in [-0.39, 0.29) is 12.4 Å². The lowest BCUT2D eigenvalue weighted by Crippen LogP contribution is -1.79. The van der Waals surface area contributed by atoms with Gasteiger partial charge in [-0.25, -0.2) is 0 Å². The number of nitrogens with zero attached hydrogens (tertiary/aromatic N) is 6. The van der Waals surface area contributed by atoms with E-state index in [0.717, 1.165) is 0 Å². The Balaban J connectivity index is 0.000000810. The summed E-state index contributed by atoms with van der Waals surface area (Å²) in [5.74, 6) is 0. The van der Waals surface area contributed by atoms with Crippen molar-refractivity contribution in [3.8, 4) is 0 Å². The van der Waals surface area contributed by atoms with Crippen LogP contribution in [0.25, 0.3) is 33.1 Å². The third-order valence-electron chi connectivity index (χ3n) is 2.32. The van der Waals surface area contributed by atoms with E-state index in [1.807, 2.05) is 0 Å². The van der Waals surface area contributed by atoms with Gasteiger partial charge in [0.2, 0.25) is 0 Å². The van der Waals surface area contributed by atoms with Crippen molar-refractivity contribution in [3.63, 3.8) is 0 Å². The van der Waals surface area contributed by atoms with Crippen LogP contribution in [-0.2, 0) is 0 Å². The van der Waals surface area contributed by atoms with Gasteiger partial charge >= 0.3 is 0 Å². The summed E-state index contributed by atoms with van der Waals surface area (Å²) in [4.78, 5) is 0. The number of H-pyrrole nitrogens is 3. The fourth-order valence-electron chi connectivity index (χ4n) is 1.68. The maximum absolute atomic E-state index is 4.01. The molecule has 10 heteroatoms. The van der Waals surface area contributed by atoms with Crippen LogP contribution < -0.4 is 0 Å². The van der Waals surface area contributed by atoms with E-state index in [2.05, 4.69) is 46.2 Å². The van der Waals surface area contributed by atoms with E-state index < -0.39 is 0 Å². The van der Waals surface area contributed by atoms with Crippen molar-refractivity contribution in [2.24, 2.45) is 0 Å². The normalized spacial score (nSPS) is 11.2. The first-order chi connectivity index (χ1) is 7.45. The van der Waals surface area contributed by atoms with Gasteiger partial charge in [-0.3, -0.25) is 0 Å². The fraction of sp³-hybridized carbons (Fsp3) is 0. The Labute approximate surface area is 92.4 Å². The van der Waals surface area contributed by atoms with Gasteiger partial charge in [0.1, 0.15) is 33.1 Å². The van der Waals surface area contributed by atoms with Gasteiger partial charge in [0.15, 0.2) is 0 Å². The van der Waals surface area contributed by atoms with Gasteiger partial charge in [-0.15, -0.1) is 12.4 Å². The molecule has 0 fully saturated rings. The number of aromatic nitrogens is 9. The topological polar surface area (TPSA) is 125 Å². The van der Waals surface area contributed by atoms with Crippen LogP contribution in [0.1, 0.15) is 0 Å². The van der Waals surface area contributed by atoms with Crippen molar-refractivity contribution in [3.05, 3.63) is 0 Å². The molecule has 4 aromatic rings. The van der Waals surface area contributed by atoms with E-state index in [9.17, 15) is 0 Å². The van der Waals surface area contributed by atoms with Crippen molar-refractivity contribution in [2.75, 3.05) is 0 Å². The molecule has 9 nitrogen and oxygen atoms in total. The summed E-state index contributed by atoms with van der Waals surface area (Å²) in [6, 6.07) is 0. The Morgan fingerprint density at radius 1 is 0.438 bits per heavy atom. The minimum Gasteiger partial charge on any atom is -0.197 e. The molecule has 0 unspecified atom stereocenters. The second-order valence-corrected chi connectivity index (χ2v) is 3.06. The molecule has 80 valence electrons. The predicted octanol–water partition coefficient (Wildman–Crippen LogP) is -0.0777. The quantitative estimate of drug-likeness (QED) is 0.393. The first-order valence-electron chi connectivity index (χ1n) is 4.18. The molecule has 0 amide bonds.